The van der Waals surface area contributed by atoms with Crippen LogP contribution in [-0.4, -0.2) is 27.6 Å². The molecule has 3 nitrogen and oxygen atoms in total. The predicted octanol–water partition coefficient (Wildman–Crippen LogP) is 2.94. The Morgan fingerprint density at radius 3 is 2.65 bits per heavy atom. The van der Waals surface area contributed by atoms with Gasteiger partial charge in [0, 0.05) is 12.6 Å². The van der Waals surface area contributed by atoms with Crippen LogP contribution in [0.2, 0.25) is 0 Å². The van der Waals surface area contributed by atoms with Crippen LogP contribution >= 0.6 is 0 Å². The van der Waals surface area contributed by atoms with Gasteiger partial charge in [-0.25, -0.2) is 0 Å². The van der Waals surface area contributed by atoms with Crippen molar-refractivity contribution in [3.8, 4) is 5.75 Å². The van der Waals surface area contributed by atoms with Gasteiger partial charge < -0.3 is 5.11 Å². The van der Waals surface area contributed by atoms with Gasteiger partial charge in [-0.3, -0.25) is 9.88 Å². The first-order valence-electron chi connectivity index (χ1n) is 6.67. The second kappa shape index (κ2) is 6.01. The zero-order valence-corrected chi connectivity index (χ0v) is 10.6. The van der Waals surface area contributed by atoms with Crippen molar-refractivity contribution in [1.82, 2.24) is 9.88 Å². The summed E-state index contributed by atoms with van der Waals surface area (Å²) in [5.74, 6) is 0.245. The van der Waals surface area contributed by atoms with Crippen LogP contribution in [0, 0.1) is 0 Å². The molecule has 0 aliphatic heterocycles. The Morgan fingerprint density at radius 2 is 2.06 bits per heavy atom. The van der Waals surface area contributed by atoms with Crippen molar-refractivity contribution in [2.75, 3.05) is 6.54 Å². The molecule has 0 saturated heterocycles. The monoisotopic (exact) mass is 234 g/mol. The van der Waals surface area contributed by atoms with E-state index in [1.165, 1.54) is 38.3 Å². The minimum Gasteiger partial charge on any atom is -0.506 e. The fourth-order valence-corrected chi connectivity index (χ4v) is 2.66. The summed E-state index contributed by atoms with van der Waals surface area (Å²) in [6.45, 7) is 4.20. The predicted molar refractivity (Wildman–Crippen MR) is 68.9 cm³/mol. The van der Waals surface area contributed by atoms with Gasteiger partial charge in [0.05, 0.1) is 11.9 Å². The average Bonchev–Trinajstić information content (AvgIpc) is 2.39. The number of pyridine rings is 1. The number of aromatic nitrogens is 1. The van der Waals surface area contributed by atoms with E-state index in [0.29, 0.717) is 0 Å². The van der Waals surface area contributed by atoms with Crippen molar-refractivity contribution in [1.29, 1.82) is 0 Å². The Morgan fingerprint density at radius 1 is 1.29 bits per heavy atom. The Bertz CT molecular complexity index is 331. The summed E-state index contributed by atoms with van der Waals surface area (Å²) >= 11 is 0. The lowest BCUT2D eigenvalue weighted by molar-refractivity contribution is 0.154. The van der Waals surface area contributed by atoms with E-state index in [1.54, 1.807) is 6.07 Å². The zero-order valence-electron chi connectivity index (χ0n) is 10.6. The topological polar surface area (TPSA) is 36.4 Å². The molecule has 0 bridgehead atoms. The van der Waals surface area contributed by atoms with Crippen LogP contribution in [0.3, 0.4) is 0 Å². The van der Waals surface area contributed by atoms with Crippen molar-refractivity contribution in [3.63, 3.8) is 0 Å². The number of hydrogen-bond donors (Lipinski definition) is 1. The molecule has 0 radical (unpaired) electrons. The van der Waals surface area contributed by atoms with Gasteiger partial charge in [-0.05, 0) is 31.5 Å². The molecule has 1 aromatic heterocycles. The molecule has 0 aromatic carbocycles. The summed E-state index contributed by atoms with van der Waals surface area (Å²) in [6, 6.07) is 4.36. The van der Waals surface area contributed by atoms with E-state index in [-0.39, 0.29) is 5.75 Å². The molecule has 1 aromatic rings. The van der Waals surface area contributed by atoms with E-state index >= 15 is 0 Å². The van der Waals surface area contributed by atoms with Gasteiger partial charge in [-0.2, -0.15) is 0 Å². The lowest BCUT2D eigenvalue weighted by Gasteiger charge is -2.33. The van der Waals surface area contributed by atoms with Gasteiger partial charge in [0.15, 0.2) is 0 Å². The van der Waals surface area contributed by atoms with Crippen LogP contribution in [0.15, 0.2) is 18.3 Å². The van der Waals surface area contributed by atoms with Crippen LogP contribution in [0.5, 0.6) is 5.75 Å². The summed E-state index contributed by atoms with van der Waals surface area (Å²) in [5, 5.41) is 9.22. The average molecular weight is 234 g/mol. The van der Waals surface area contributed by atoms with Gasteiger partial charge in [0.2, 0.25) is 0 Å². The van der Waals surface area contributed by atoms with Crippen LogP contribution in [0.1, 0.15) is 44.7 Å². The van der Waals surface area contributed by atoms with Crippen LogP contribution in [0.25, 0.3) is 0 Å². The van der Waals surface area contributed by atoms with Crippen molar-refractivity contribution >= 4 is 0 Å². The molecule has 1 aliphatic rings. The molecule has 94 valence electrons. The van der Waals surface area contributed by atoms with E-state index in [4.69, 9.17) is 0 Å². The molecule has 1 heterocycles. The van der Waals surface area contributed by atoms with Gasteiger partial charge >= 0.3 is 0 Å². The Hall–Kier alpha value is -1.09. The normalized spacial score (nSPS) is 17.5. The van der Waals surface area contributed by atoms with E-state index in [1.807, 2.05) is 6.07 Å². The molecule has 1 fully saturated rings. The van der Waals surface area contributed by atoms with Crippen molar-refractivity contribution < 1.29 is 5.11 Å². The SMILES string of the molecule is CCN(Cc1ccc(O)cn1)C1CCCCC1. The molecule has 0 unspecified atom stereocenters. The molecule has 2 rings (SSSR count). The van der Waals surface area contributed by atoms with Gasteiger partial charge in [-0.1, -0.05) is 26.2 Å². The minimum atomic E-state index is 0.245. The Balaban J connectivity index is 1.96. The maximum absolute atomic E-state index is 9.22. The highest BCUT2D eigenvalue weighted by Crippen LogP contribution is 2.23. The summed E-state index contributed by atoms with van der Waals surface area (Å²) < 4.78 is 0. The molecule has 0 amide bonds. The fourth-order valence-electron chi connectivity index (χ4n) is 2.66. The third-order valence-electron chi connectivity index (χ3n) is 3.67. The molecule has 0 atom stereocenters. The molecule has 1 N–H and O–H groups in total. The van der Waals surface area contributed by atoms with E-state index in [0.717, 1.165) is 24.8 Å². The summed E-state index contributed by atoms with van der Waals surface area (Å²) in [6.07, 6.45) is 8.31. The quantitative estimate of drug-likeness (QED) is 0.870. The molecular weight excluding hydrogens is 212 g/mol. The van der Waals surface area contributed by atoms with Crippen LogP contribution in [0.4, 0.5) is 0 Å². The highest BCUT2D eigenvalue weighted by Gasteiger charge is 2.20. The standard InChI is InChI=1S/C14H22N2O/c1-2-16(13-6-4-3-5-7-13)11-12-8-9-14(17)10-15-12/h8-10,13,17H,2-7,11H2,1H3. The zero-order chi connectivity index (χ0) is 12.1. The first kappa shape index (κ1) is 12.4. The third kappa shape index (κ3) is 3.43. The Kier molecular flexibility index (Phi) is 4.37. The molecule has 1 aliphatic carbocycles. The second-order valence-electron chi connectivity index (χ2n) is 4.86. The van der Waals surface area contributed by atoms with Gasteiger partial charge in [-0.15, -0.1) is 0 Å². The summed E-state index contributed by atoms with van der Waals surface area (Å²) in [5.41, 5.74) is 1.05. The molecular formula is C14H22N2O. The molecule has 0 spiro atoms. The number of aromatic hydroxyl groups is 1. The maximum Gasteiger partial charge on any atom is 0.133 e. The van der Waals surface area contributed by atoms with E-state index in [9.17, 15) is 5.11 Å². The third-order valence-corrected chi connectivity index (χ3v) is 3.67. The summed E-state index contributed by atoms with van der Waals surface area (Å²) in [7, 11) is 0. The first-order valence-corrected chi connectivity index (χ1v) is 6.67. The maximum atomic E-state index is 9.22. The van der Waals surface area contributed by atoms with Crippen LogP contribution < -0.4 is 0 Å². The fraction of sp³-hybridized carbons (Fsp3) is 0.643. The minimum absolute atomic E-state index is 0.245. The van der Waals surface area contributed by atoms with Crippen LogP contribution in [-0.2, 0) is 6.54 Å². The molecule has 3 heteroatoms. The van der Waals surface area contributed by atoms with Gasteiger partial charge in [0.25, 0.3) is 0 Å². The first-order chi connectivity index (χ1) is 8.29. The Labute approximate surface area is 103 Å². The smallest absolute Gasteiger partial charge is 0.133 e. The largest absolute Gasteiger partial charge is 0.506 e. The van der Waals surface area contributed by atoms with Crippen molar-refractivity contribution in [3.05, 3.63) is 24.0 Å². The number of rotatable bonds is 4. The molecule has 1 saturated carbocycles. The molecule has 17 heavy (non-hydrogen) atoms. The lowest BCUT2D eigenvalue weighted by atomic mass is 9.94. The highest BCUT2D eigenvalue weighted by atomic mass is 16.3. The number of hydrogen-bond acceptors (Lipinski definition) is 3. The van der Waals surface area contributed by atoms with Gasteiger partial charge in [0.1, 0.15) is 5.75 Å². The second-order valence-corrected chi connectivity index (χ2v) is 4.86. The van der Waals surface area contributed by atoms with E-state index in [2.05, 4.69) is 16.8 Å². The van der Waals surface area contributed by atoms with E-state index < -0.39 is 0 Å². The number of nitrogens with zero attached hydrogens (tertiary/aromatic N) is 2. The van der Waals surface area contributed by atoms with Crippen molar-refractivity contribution in [2.24, 2.45) is 0 Å². The lowest BCUT2D eigenvalue weighted by Crippen LogP contribution is -2.36. The summed E-state index contributed by atoms with van der Waals surface area (Å²) in [4.78, 5) is 6.78. The highest BCUT2D eigenvalue weighted by molar-refractivity contribution is 5.17. The van der Waals surface area contributed by atoms with Crippen molar-refractivity contribution in [2.45, 2.75) is 51.6 Å².